The Morgan fingerprint density at radius 3 is 2.10 bits per heavy atom. The van der Waals surface area contributed by atoms with Gasteiger partial charge in [-0.25, -0.2) is 0 Å². The molecule has 3 N–H and O–H groups in total. The van der Waals surface area contributed by atoms with E-state index in [2.05, 4.69) is 0 Å². The zero-order valence-electron chi connectivity index (χ0n) is 10.6. The van der Waals surface area contributed by atoms with Crippen LogP contribution in [0.5, 0.6) is 0 Å². The minimum absolute atomic E-state index is 0. The minimum Gasteiger partial charge on any atom is -0.379 e. The molecule has 0 bridgehead atoms. The van der Waals surface area contributed by atoms with Gasteiger partial charge >= 0.3 is 0 Å². The Morgan fingerprint density at radius 2 is 1.57 bits per heavy atom. The standard InChI is InChI=1S/C14H11Cl3N2S.ClH/c15-9-3-1-8(2-4-9)13(20-14(18)19)11-6-5-10(16)7-12(11)17;/h1-7,13H,(H3,18,19);1H. The summed E-state index contributed by atoms with van der Waals surface area (Å²) in [4.78, 5) is 0. The van der Waals surface area contributed by atoms with Crippen LogP contribution in [0.3, 0.4) is 0 Å². The molecule has 0 spiro atoms. The summed E-state index contributed by atoms with van der Waals surface area (Å²) in [6.07, 6.45) is 0. The van der Waals surface area contributed by atoms with Crippen molar-refractivity contribution in [3.63, 3.8) is 0 Å². The van der Waals surface area contributed by atoms with Crippen LogP contribution in [0, 0.1) is 5.41 Å². The van der Waals surface area contributed by atoms with E-state index in [1.165, 1.54) is 11.8 Å². The first kappa shape index (κ1) is 18.5. The second kappa shape index (κ2) is 8.16. The second-order valence-electron chi connectivity index (χ2n) is 4.08. The number of nitrogens with two attached hydrogens (primary N) is 1. The number of hydrogen-bond donors (Lipinski definition) is 2. The topological polar surface area (TPSA) is 49.9 Å². The number of hydrogen-bond acceptors (Lipinski definition) is 2. The number of thioether (sulfide) groups is 1. The first-order valence-electron chi connectivity index (χ1n) is 5.68. The molecular formula is C14H12Cl4N2S. The van der Waals surface area contributed by atoms with E-state index in [0.29, 0.717) is 15.1 Å². The van der Waals surface area contributed by atoms with E-state index in [-0.39, 0.29) is 22.8 Å². The zero-order valence-corrected chi connectivity index (χ0v) is 14.5. The Bertz CT molecular complexity index is 631. The zero-order chi connectivity index (χ0) is 14.7. The van der Waals surface area contributed by atoms with Gasteiger partial charge in [-0.15, -0.1) is 12.4 Å². The van der Waals surface area contributed by atoms with Crippen LogP contribution in [0.15, 0.2) is 42.5 Å². The number of halogens is 4. The fraction of sp³-hybridized carbons (Fsp3) is 0.0714. The Labute approximate surface area is 148 Å². The molecule has 0 radical (unpaired) electrons. The summed E-state index contributed by atoms with van der Waals surface area (Å²) in [7, 11) is 0. The molecule has 7 heteroatoms. The van der Waals surface area contributed by atoms with Crippen LogP contribution < -0.4 is 5.73 Å². The van der Waals surface area contributed by atoms with Crippen molar-refractivity contribution in [2.45, 2.75) is 5.25 Å². The summed E-state index contributed by atoms with van der Waals surface area (Å²) in [5, 5.41) is 9.15. The smallest absolute Gasteiger partial charge is 0.151 e. The molecule has 0 amide bonds. The molecule has 0 aromatic heterocycles. The van der Waals surface area contributed by atoms with Crippen LogP contribution in [0.4, 0.5) is 0 Å². The summed E-state index contributed by atoms with van der Waals surface area (Å²) >= 11 is 19.3. The third-order valence-corrected chi connectivity index (χ3v) is 4.49. The Balaban J connectivity index is 0.00000220. The Hall–Kier alpha value is -0.580. The molecule has 2 aromatic carbocycles. The lowest BCUT2D eigenvalue weighted by Gasteiger charge is -2.18. The van der Waals surface area contributed by atoms with Gasteiger partial charge < -0.3 is 5.73 Å². The maximum Gasteiger partial charge on any atom is 0.151 e. The summed E-state index contributed by atoms with van der Waals surface area (Å²) in [6.45, 7) is 0. The lowest BCUT2D eigenvalue weighted by atomic mass is 10.0. The van der Waals surface area contributed by atoms with Gasteiger partial charge in [0.15, 0.2) is 5.17 Å². The lowest BCUT2D eigenvalue weighted by molar-refractivity contribution is 1.16. The van der Waals surface area contributed by atoms with Gasteiger partial charge in [0.25, 0.3) is 0 Å². The summed E-state index contributed by atoms with van der Waals surface area (Å²) in [5.74, 6) is 0. The maximum absolute atomic E-state index is 7.52. The molecule has 0 heterocycles. The van der Waals surface area contributed by atoms with Gasteiger partial charge in [-0.1, -0.05) is 64.8 Å². The van der Waals surface area contributed by atoms with Crippen molar-refractivity contribution >= 4 is 64.1 Å². The Morgan fingerprint density at radius 1 is 1.00 bits per heavy atom. The fourth-order valence-electron chi connectivity index (χ4n) is 1.79. The van der Waals surface area contributed by atoms with E-state index in [0.717, 1.165) is 11.1 Å². The molecule has 0 fully saturated rings. The molecule has 1 atom stereocenters. The van der Waals surface area contributed by atoms with E-state index in [1.807, 2.05) is 18.2 Å². The second-order valence-corrected chi connectivity index (χ2v) is 6.51. The van der Waals surface area contributed by atoms with Crippen LogP contribution in [0.1, 0.15) is 16.4 Å². The quantitative estimate of drug-likeness (QED) is 0.522. The van der Waals surface area contributed by atoms with Gasteiger partial charge in [0.2, 0.25) is 0 Å². The van der Waals surface area contributed by atoms with Crippen molar-refractivity contribution in [2.24, 2.45) is 5.73 Å². The first-order valence-corrected chi connectivity index (χ1v) is 7.70. The van der Waals surface area contributed by atoms with E-state index in [9.17, 15) is 0 Å². The van der Waals surface area contributed by atoms with Gasteiger partial charge in [0.1, 0.15) is 0 Å². The SMILES string of the molecule is Cl.N=C(N)SC(c1ccc(Cl)cc1)c1ccc(Cl)cc1Cl. The molecule has 112 valence electrons. The predicted octanol–water partition coefficient (Wildman–Crippen LogP) is 5.78. The van der Waals surface area contributed by atoms with Gasteiger partial charge in [0, 0.05) is 15.1 Å². The Kier molecular flexibility index (Phi) is 7.17. The van der Waals surface area contributed by atoms with Crippen LogP contribution in [-0.2, 0) is 0 Å². The summed E-state index contributed by atoms with van der Waals surface area (Å²) in [6, 6.07) is 12.7. The van der Waals surface area contributed by atoms with Crippen LogP contribution in [0.25, 0.3) is 0 Å². The van der Waals surface area contributed by atoms with Crippen molar-refractivity contribution in [1.29, 1.82) is 5.41 Å². The molecule has 2 aromatic rings. The number of amidine groups is 1. The van der Waals surface area contributed by atoms with Gasteiger partial charge in [0.05, 0.1) is 5.25 Å². The first-order chi connectivity index (χ1) is 9.47. The molecule has 0 aliphatic carbocycles. The normalized spacial score (nSPS) is 11.6. The summed E-state index contributed by atoms with van der Waals surface area (Å²) < 4.78 is 0. The average Bonchev–Trinajstić information content (AvgIpc) is 2.37. The average molecular weight is 382 g/mol. The van der Waals surface area contributed by atoms with Crippen LogP contribution in [0.2, 0.25) is 15.1 Å². The van der Waals surface area contributed by atoms with E-state index < -0.39 is 0 Å². The predicted molar refractivity (Wildman–Crippen MR) is 96.5 cm³/mol. The highest BCUT2D eigenvalue weighted by Gasteiger charge is 2.19. The highest BCUT2D eigenvalue weighted by molar-refractivity contribution is 8.14. The molecule has 0 saturated heterocycles. The van der Waals surface area contributed by atoms with Crippen molar-refractivity contribution in [1.82, 2.24) is 0 Å². The molecule has 21 heavy (non-hydrogen) atoms. The molecule has 2 nitrogen and oxygen atoms in total. The third kappa shape index (κ3) is 4.97. The van der Waals surface area contributed by atoms with Gasteiger partial charge in [-0.2, -0.15) is 0 Å². The molecule has 0 aliphatic rings. The fourth-order valence-corrected chi connectivity index (χ4v) is 3.38. The number of nitrogens with one attached hydrogen (secondary N) is 1. The molecule has 1 unspecified atom stereocenters. The van der Waals surface area contributed by atoms with Crippen LogP contribution in [-0.4, -0.2) is 5.17 Å². The van der Waals surface area contributed by atoms with Crippen molar-refractivity contribution in [3.05, 3.63) is 68.7 Å². The third-order valence-electron chi connectivity index (χ3n) is 2.66. The minimum atomic E-state index is -0.172. The van der Waals surface area contributed by atoms with Gasteiger partial charge in [-0.3, -0.25) is 5.41 Å². The van der Waals surface area contributed by atoms with Crippen molar-refractivity contribution in [3.8, 4) is 0 Å². The molecular weight excluding hydrogens is 370 g/mol. The van der Waals surface area contributed by atoms with Crippen molar-refractivity contribution in [2.75, 3.05) is 0 Å². The molecule has 0 saturated carbocycles. The van der Waals surface area contributed by atoms with E-state index >= 15 is 0 Å². The molecule has 0 aliphatic heterocycles. The highest BCUT2D eigenvalue weighted by atomic mass is 35.5. The van der Waals surface area contributed by atoms with E-state index in [4.69, 9.17) is 45.9 Å². The van der Waals surface area contributed by atoms with Gasteiger partial charge in [-0.05, 0) is 35.4 Å². The summed E-state index contributed by atoms with van der Waals surface area (Å²) in [5.41, 5.74) is 7.36. The monoisotopic (exact) mass is 380 g/mol. The van der Waals surface area contributed by atoms with Crippen molar-refractivity contribution < 1.29 is 0 Å². The highest BCUT2D eigenvalue weighted by Crippen LogP contribution is 2.40. The lowest BCUT2D eigenvalue weighted by Crippen LogP contribution is -2.09. The van der Waals surface area contributed by atoms with Crippen LogP contribution >= 0.6 is 59.0 Å². The number of benzene rings is 2. The number of rotatable bonds is 3. The van der Waals surface area contributed by atoms with E-state index in [1.54, 1.807) is 24.3 Å². The largest absolute Gasteiger partial charge is 0.379 e. The molecule has 2 rings (SSSR count). The maximum atomic E-state index is 7.52.